The van der Waals surface area contributed by atoms with E-state index in [0.29, 0.717) is 0 Å². The summed E-state index contributed by atoms with van der Waals surface area (Å²) >= 11 is 0. The van der Waals surface area contributed by atoms with E-state index < -0.39 is 0 Å². The smallest absolute Gasteiger partial charge is 0.0671 e. The van der Waals surface area contributed by atoms with E-state index >= 15 is 0 Å². The van der Waals surface area contributed by atoms with Gasteiger partial charge in [0.15, 0.2) is 0 Å². The zero-order valence-electron chi connectivity index (χ0n) is 18.4. The number of nitrogens with zero attached hydrogens (tertiary/aromatic N) is 4. The van der Waals surface area contributed by atoms with E-state index in [0.717, 1.165) is 27.7 Å². The zero-order chi connectivity index (χ0) is 23.2. The molecule has 0 unspecified atom stereocenters. The molecule has 0 aliphatic rings. The number of nitrogens with one attached hydrogen (secondary N) is 1. The van der Waals surface area contributed by atoms with Crippen LogP contribution in [-0.2, 0) is 0 Å². The van der Waals surface area contributed by atoms with Crippen molar-refractivity contribution in [3.8, 4) is 23.3 Å². The Morgan fingerprint density at radius 2 is 1.38 bits per heavy atom. The molecule has 1 heterocycles. The summed E-state index contributed by atoms with van der Waals surface area (Å²) < 4.78 is 0. The van der Waals surface area contributed by atoms with E-state index in [9.17, 15) is 0 Å². The summed E-state index contributed by atoms with van der Waals surface area (Å²) in [7, 11) is 0. The number of hydrogen-bond donors (Lipinski definition) is 1. The van der Waals surface area contributed by atoms with Gasteiger partial charge >= 0.3 is 0 Å². The Kier molecular flexibility index (Phi) is 9.63. The van der Waals surface area contributed by atoms with Crippen molar-refractivity contribution in [1.29, 1.82) is 10.5 Å². The van der Waals surface area contributed by atoms with Crippen LogP contribution < -0.4 is 0 Å². The minimum absolute atomic E-state index is 0.890. The van der Waals surface area contributed by atoms with E-state index in [-0.39, 0.29) is 0 Å². The average Bonchev–Trinajstić information content (AvgIpc) is 3.24. The van der Waals surface area contributed by atoms with Crippen LogP contribution in [0, 0.1) is 22.7 Å². The highest BCUT2D eigenvalue weighted by molar-refractivity contribution is 6.01. The molecule has 1 N–H and O–H groups in total. The average molecular weight is 420 g/mol. The van der Waals surface area contributed by atoms with E-state index in [2.05, 4.69) is 75.9 Å². The number of H-pyrrole nitrogens is 1. The van der Waals surface area contributed by atoms with Crippen LogP contribution in [0.15, 0.2) is 95.3 Å². The van der Waals surface area contributed by atoms with Crippen molar-refractivity contribution in [1.82, 2.24) is 4.98 Å². The molecule has 0 saturated carbocycles. The lowest BCUT2D eigenvalue weighted by atomic mass is 10.0. The summed E-state index contributed by atoms with van der Waals surface area (Å²) in [6.45, 7) is 4.84. The van der Waals surface area contributed by atoms with Gasteiger partial charge in [0.05, 0.1) is 24.1 Å². The first-order chi connectivity index (χ1) is 15.6. The Bertz CT molecular complexity index is 1240. The molecule has 0 fully saturated rings. The monoisotopic (exact) mass is 419 g/mol. The Morgan fingerprint density at radius 1 is 0.812 bits per heavy atom. The number of hydrogen-bond acceptors (Lipinski definition) is 4. The van der Waals surface area contributed by atoms with Crippen molar-refractivity contribution >= 4 is 22.8 Å². The van der Waals surface area contributed by atoms with Crippen LogP contribution in [-0.4, -0.2) is 16.9 Å². The number of aromatic nitrogens is 1. The molecule has 5 nitrogen and oxygen atoms in total. The molecule has 4 aromatic rings. The fourth-order valence-corrected chi connectivity index (χ4v) is 2.97. The maximum absolute atomic E-state index is 7.32. The highest BCUT2D eigenvalue weighted by Crippen LogP contribution is 2.19. The molecule has 32 heavy (non-hydrogen) atoms. The molecule has 0 aliphatic carbocycles. The van der Waals surface area contributed by atoms with Gasteiger partial charge in [-0.2, -0.15) is 20.7 Å². The molecule has 0 aliphatic heterocycles. The number of aromatic amines is 1. The minimum atomic E-state index is 0.890. The summed E-state index contributed by atoms with van der Waals surface area (Å²) in [4.78, 5) is 3.24. The largest absolute Gasteiger partial charge is 0.361 e. The number of para-hydroxylation sites is 1. The second-order valence-electron chi connectivity index (χ2n) is 6.61. The Balaban J connectivity index is 0.000000547. The van der Waals surface area contributed by atoms with Gasteiger partial charge in [-0.15, -0.1) is 0 Å². The minimum Gasteiger partial charge on any atom is -0.361 e. The van der Waals surface area contributed by atoms with Gasteiger partial charge in [0.2, 0.25) is 0 Å². The number of fused-ring (bicyclic) bond motifs is 1. The fraction of sp³-hybridized carbons (Fsp3) is 0.111. The zero-order valence-corrected chi connectivity index (χ0v) is 18.4. The molecule has 0 amide bonds. The van der Waals surface area contributed by atoms with Crippen LogP contribution in [0.3, 0.4) is 0 Å². The van der Waals surface area contributed by atoms with Gasteiger partial charge in [-0.3, -0.25) is 0 Å². The first-order valence-corrected chi connectivity index (χ1v) is 10.1. The van der Waals surface area contributed by atoms with Gasteiger partial charge in [-0.05, 0) is 29.7 Å². The normalized spacial score (nSPS) is 10.3. The number of nitriles is 2. The first-order valence-electron chi connectivity index (χ1n) is 10.1. The summed E-state index contributed by atoms with van der Waals surface area (Å²) in [5, 5.41) is 24.4. The fourth-order valence-electron chi connectivity index (χ4n) is 2.97. The molecule has 0 atom stereocenters. The van der Waals surface area contributed by atoms with E-state index in [1.54, 1.807) is 18.4 Å². The Morgan fingerprint density at radius 3 is 2.03 bits per heavy atom. The SMILES string of the molecule is C/C(=N\N=C\c1c[nH]c2ccccc12)c1ccc(-c2ccccc2)cc1.CC#N.CC#N. The predicted molar refractivity (Wildman–Crippen MR) is 133 cm³/mol. The van der Waals surface area contributed by atoms with Crippen LogP contribution in [0.1, 0.15) is 31.9 Å². The molecule has 0 saturated heterocycles. The molecule has 3 aromatic carbocycles. The van der Waals surface area contributed by atoms with Gasteiger partial charge in [0.25, 0.3) is 0 Å². The Labute approximate surface area is 189 Å². The topological polar surface area (TPSA) is 88.1 Å². The van der Waals surface area contributed by atoms with Crippen LogP contribution in [0.4, 0.5) is 0 Å². The Hall–Kier alpha value is -4.48. The second kappa shape index (κ2) is 13.0. The van der Waals surface area contributed by atoms with Crippen molar-refractivity contribution < 1.29 is 0 Å². The number of benzene rings is 3. The van der Waals surface area contributed by atoms with Crippen LogP contribution in [0.5, 0.6) is 0 Å². The molecule has 1 aromatic heterocycles. The third-order valence-electron chi connectivity index (χ3n) is 4.44. The van der Waals surface area contributed by atoms with Gasteiger partial charge in [-0.1, -0.05) is 72.8 Å². The third-order valence-corrected chi connectivity index (χ3v) is 4.44. The van der Waals surface area contributed by atoms with Gasteiger partial charge < -0.3 is 4.98 Å². The molecular weight excluding hydrogens is 394 g/mol. The van der Waals surface area contributed by atoms with Gasteiger partial charge in [0.1, 0.15) is 0 Å². The van der Waals surface area contributed by atoms with Gasteiger partial charge in [-0.25, -0.2) is 0 Å². The molecule has 5 heteroatoms. The second-order valence-corrected chi connectivity index (χ2v) is 6.61. The quantitative estimate of drug-likeness (QED) is 0.293. The van der Waals surface area contributed by atoms with Crippen LogP contribution in [0.2, 0.25) is 0 Å². The van der Waals surface area contributed by atoms with Crippen molar-refractivity contribution in [2.24, 2.45) is 10.2 Å². The first kappa shape index (κ1) is 23.8. The molecular formula is C27H25N5. The molecule has 0 radical (unpaired) electrons. The van der Waals surface area contributed by atoms with E-state index in [1.807, 2.05) is 31.3 Å². The van der Waals surface area contributed by atoms with Crippen molar-refractivity contribution in [3.63, 3.8) is 0 Å². The van der Waals surface area contributed by atoms with Gasteiger partial charge in [0, 0.05) is 36.5 Å². The van der Waals surface area contributed by atoms with Crippen molar-refractivity contribution in [2.45, 2.75) is 20.8 Å². The predicted octanol–water partition coefficient (Wildman–Crippen LogP) is 6.74. The molecule has 0 spiro atoms. The third kappa shape index (κ3) is 6.79. The van der Waals surface area contributed by atoms with Crippen molar-refractivity contribution in [3.05, 3.63) is 96.2 Å². The molecule has 0 bridgehead atoms. The molecule has 158 valence electrons. The lowest BCUT2D eigenvalue weighted by Gasteiger charge is -2.03. The van der Waals surface area contributed by atoms with E-state index in [4.69, 9.17) is 10.5 Å². The summed E-state index contributed by atoms with van der Waals surface area (Å²) in [6, 6.07) is 30.4. The number of rotatable bonds is 4. The lowest BCUT2D eigenvalue weighted by Crippen LogP contribution is -1.93. The standard InChI is InChI=1S/C23H19N3.2C2H3N/c1-17(18-11-13-20(14-12-18)19-7-3-2-4-8-19)26-25-16-21-15-24-23-10-6-5-9-22(21)23;2*1-2-3/h2-16,24H,1H3;2*1H3/b25-16+,26-17+;;. The summed E-state index contributed by atoms with van der Waals surface area (Å²) in [5.74, 6) is 0. The van der Waals surface area contributed by atoms with Crippen LogP contribution in [0.25, 0.3) is 22.0 Å². The van der Waals surface area contributed by atoms with Crippen molar-refractivity contribution in [2.75, 3.05) is 0 Å². The maximum Gasteiger partial charge on any atom is 0.0671 e. The maximum atomic E-state index is 7.32. The highest BCUT2D eigenvalue weighted by Gasteiger charge is 2.01. The highest BCUT2D eigenvalue weighted by atomic mass is 15.2. The summed E-state index contributed by atoms with van der Waals surface area (Å²) in [6.07, 6.45) is 3.74. The summed E-state index contributed by atoms with van der Waals surface area (Å²) in [5.41, 5.74) is 6.51. The van der Waals surface area contributed by atoms with Crippen LogP contribution >= 0.6 is 0 Å². The molecule has 4 rings (SSSR count). The van der Waals surface area contributed by atoms with E-state index in [1.165, 1.54) is 25.0 Å². The lowest BCUT2D eigenvalue weighted by molar-refractivity contribution is 1.24.